The van der Waals surface area contributed by atoms with Gasteiger partial charge in [-0.15, -0.1) is 11.6 Å². The maximum Gasteiger partial charge on any atom is 0.222 e. The second kappa shape index (κ2) is 5.13. The summed E-state index contributed by atoms with van der Waals surface area (Å²) in [5.41, 5.74) is 2.00. The van der Waals surface area contributed by atoms with Gasteiger partial charge < -0.3 is 9.88 Å². The van der Waals surface area contributed by atoms with E-state index in [2.05, 4.69) is 30.8 Å². The summed E-state index contributed by atoms with van der Waals surface area (Å²) in [6.45, 7) is 0.662. The number of benzene rings is 1. The normalized spacial score (nSPS) is 19.1. The highest BCUT2D eigenvalue weighted by atomic mass is 79.9. The summed E-state index contributed by atoms with van der Waals surface area (Å²) in [5.74, 6) is 1.57. The largest absolute Gasteiger partial charge is 0.354 e. The first-order chi connectivity index (χ1) is 9.19. The fourth-order valence-electron chi connectivity index (χ4n) is 2.56. The van der Waals surface area contributed by atoms with Gasteiger partial charge in [0, 0.05) is 29.7 Å². The summed E-state index contributed by atoms with van der Waals surface area (Å²) < 4.78 is 3.16. The number of hydrogen-bond acceptors (Lipinski definition) is 2. The van der Waals surface area contributed by atoms with Crippen LogP contribution in [0, 0.1) is 0 Å². The first-order valence-electron chi connectivity index (χ1n) is 6.18. The molecule has 1 atom stereocenters. The van der Waals surface area contributed by atoms with Crippen LogP contribution in [0.3, 0.4) is 0 Å². The number of carbonyl (C=O) groups is 1. The first kappa shape index (κ1) is 12.9. The van der Waals surface area contributed by atoms with Gasteiger partial charge >= 0.3 is 0 Å². The Labute approximate surface area is 124 Å². The number of aromatic nitrogens is 2. The molecule has 100 valence electrons. The van der Waals surface area contributed by atoms with Gasteiger partial charge in [-0.2, -0.15) is 0 Å². The molecule has 0 aliphatic carbocycles. The van der Waals surface area contributed by atoms with Gasteiger partial charge in [-0.25, -0.2) is 4.98 Å². The van der Waals surface area contributed by atoms with E-state index in [1.165, 1.54) is 0 Å². The van der Waals surface area contributed by atoms with Crippen LogP contribution in [0.5, 0.6) is 0 Å². The average Bonchev–Trinajstić information content (AvgIpc) is 2.92. The lowest BCUT2D eigenvalue weighted by Gasteiger charge is -2.14. The molecule has 0 saturated carbocycles. The molecule has 1 fully saturated rings. The Morgan fingerprint density at radius 3 is 3.05 bits per heavy atom. The van der Waals surface area contributed by atoms with Crippen LogP contribution in [0.4, 0.5) is 0 Å². The molecule has 2 aromatic rings. The van der Waals surface area contributed by atoms with Crippen molar-refractivity contribution in [2.24, 2.45) is 0 Å². The highest BCUT2D eigenvalue weighted by Gasteiger charge is 2.26. The maximum atomic E-state index is 11.4. The minimum absolute atomic E-state index is 0.0979. The van der Waals surface area contributed by atoms with Crippen LogP contribution in [0.15, 0.2) is 22.7 Å². The highest BCUT2D eigenvalue weighted by Crippen LogP contribution is 2.27. The zero-order chi connectivity index (χ0) is 13.4. The Morgan fingerprint density at radius 2 is 2.37 bits per heavy atom. The summed E-state index contributed by atoms with van der Waals surface area (Å²) in [6, 6.07) is 6.16. The van der Waals surface area contributed by atoms with E-state index in [-0.39, 0.29) is 11.9 Å². The van der Waals surface area contributed by atoms with Crippen molar-refractivity contribution in [2.45, 2.75) is 18.9 Å². The lowest BCUT2D eigenvalue weighted by Crippen LogP contribution is -2.17. The van der Waals surface area contributed by atoms with Crippen molar-refractivity contribution in [3.05, 3.63) is 28.5 Å². The van der Waals surface area contributed by atoms with E-state index in [1.54, 1.807) is 0 Å². The molecule has 2 heterocycles. The first-order valence-corrected chi connectivity index (χ1v) is 7.51. The monoisotopic (exact) mass is 341 g/mol. The smallest absolute Gasteiger partial charge is 0.222 e. The van der Waals surface area contributed by atoms with Crippen molar-refractivity contribution in [3.63, 3.8) is 0 Å². The van der Waals surface area contributed by atoms with E-state index in [4.69, 9.17) is 11.6 Å². The minimum Gasteiger partial charge on any atom is -0.354 e. The number of amides is 1. The Balaban J connectivity index is 2.13. The summed E-state index contributed by atoms with van der Waals surface area (Å²) in [5, 5.41) is 2.87. The quantitative estimate of drug-likeness (QED) is 0.872. The van der Waals surface area contributed by atoms with Gasteiger partial charge in [0.05, 0.1) is 17.1 Å². The zero-order valence-electron chi connectivity index (χ0n) is 10.2. The number of hydrogen-bond donors (Lipinski definition) is 1. The topological polar surface area (TPSA) is 46.9 Å². The van der Waals surface area contributed by atoms with E-state index in [1.807, 2.05) is 18.2 Å². The van der Waals surface area contributed by atoms with Crippen molar-refractivity contribution < 1.29 is 4.79 Å². The number of nitrogens with one attached hydrogen (secondary N) is 1. The molecular weight excluding hydrogens is 330 g/mol. The molecule has 0 radical (unpaired) electrons. The molecule has 1 amide bonds. The van der Waals surface area contributed by atoms with Crippen LogP contribution in [0.25, 0.3) is 11.0 Å². The number of aryl methyl sites for hydroxylation is 1. The molecule has 1 aliphatic heterocycles. The third kappa shape index (κ3) is 2.37. The van der Waals surface area contributed by atoms with Gasteiger partial charge in [0.2, 0.25) is 5.91 Å². The minimum atomic E-state index is 0.0979. The number of carbonyl (C=O) groups excluding carboxylic acids is 1. The van der Waals surface area contributed by atoms with Crippen LogP contribution in [0.1, 0.15) is 18.3 Å². The van der Waals surface area contributed by atoms with Gasteiger partial charge in [0.1, 0.15) is 5.82 Å². The average molecular weight is 343 g/mol. The number of imidazole rings is 1. The van der Waals surface area contributed by atoms with Gasteiger partial charge in [-0.1, -0.05) is 15.9 Å². The standard InChI is InChI=1S/C13H13BrClN3O/c14-8-1-2-11-10(5-8)17-12(3-4-15)18(11)9-6-13(19)16-7-9/h1-2,5,9H,3-4,6-7H2,(H,16,19). The number of nitrogens with zero attached hydrogens (tertiary/aromatic N) is 2. The van der Waals surface area contributed by atoms with E-state index in [0.717, 1.165) is 21.3 Å². The molecule has 1 N–H and O–H groups in total. The molecule has 0 spiro atoms. The van der Waals surface area contributed by atoms with Crippen molar-refractivity contribution in [2.75, 3.05) is 12.4 Å². The molecule has 1 aromatic carbocycles. The lowest BCUT2D eigenvalue weighted by atomic mass is 10.2. The molecule has 1 unspecified atom stereocenters. The third-order valence-corrected chi connectivity index (χ3v) is 4.05. The van der Waals surface area contributed by atoms with Gasteiger partial charge in [0.15, 0.2) is 0 Å². The van der Waals surface area contributed by atoms with E-state index in [0.29, 0.717) is 25.3 Å². The van der Waals surface area contributed by atoms with Gasteiger partial charge in [0.25, 0.3) is 0 Å². The van der Waals surface area contributed by atoms with E-state index >= 15 is 0 Å². The molecule has 0 bridgehead atoms. The number of alkyl halides is 1. The third-order valence-electron chi connectivity index (χ3n) is 3.36. The predicted molar refractivity (Wildman–Crippen MR) is 78.5 cm³/mol. The Kier molecular flexibility index (Phi) is 3.50. The predicted octanol–water partition coefficient (Wildman–Crippen LogP) is 2.64. The molecule has 4 nitrogen and oxygen atoms in total. The fourth-order valence-corrected chi connectivity index (χ4v) is 3.08. The van der Waals surface area contributed by atoms with Crippen molar-refractivity contribution in [1.29, 1.82) is 0 Å². The highest BCUT2D eigenvalue weighted by molar-refractivity contribution is 9.10. The van der Waals surface area contributed by atoms with E-state index < -0.39 is 0 Å². The van der Waals surface area contributed by atoms with Crippen molar-refractivity contribution >= 4 is 44.5 Å². The van der Waals surface area contributed by atoms with Gasteiger partial charge in [-0.3, -0.25) is 4.79 Å². The second-order valence-electron chi connectivity index (χ2n) is 4.63. The van der Waals surface area contributed by atoms with Crippen LogP contribution in [-0.2, 0) is 11.2 Å². The van der Waals surface area contributed by atoms with Crippen LogP contribution < -0.4 is 5.32 Å². The number of rotatable bonds is 3. The summed E-state index contributed by atoms with van der Waals surface area (Å²) >= 11 is 9.31. The summed E-state index contributed by atoms with van der Waals surface area (Å²) in [4.78, 5) is 16.1. The Bertz CT molecular complexity index is 640. The van der Waals surface area contributed by atoms with Crippen LogP contribution in [-0.4, -0.2) is 27.9 Å². The number of halogens is 2. The summed E-state index contributed by atoms with van der Waals surface area (Å²) in [7, 11) is 0. The summed E-state index contributed by atoms with van der Waals surface area (Å²) in [6.07, 6.45) is 1.22. The molecular formula is C13H13BrClN3O. The van der Waals surface area contributed by atoms with Gasteiger partial charge in [-0.05, 0) is 18.2 Å². The SMILES string of the molecule is O=C1CC(n2c(CCCl)nc3cc(Br)ccc32)CN1. The Hall–Kier alpha value is -1.07. The number of fused-ring (bicyclic) bond motifs is 1. The maximum absolute atomic E-state index is 11.4. The van der Waals surface area contributed by atoms with Crippen molar-refractivity contribution in [1.82, 2.24) is 14.9 Å². The molecule has 1 aromatic heterocycles. The molecule has 6 heteroatoms. The Morgan fingerprint density at radius 1 is 1.53 bits per heavy atom. The fraction of sp³-hybridized carbons (Fsp3) is 0.385. The second-order valence-corrected chi connectivity index (χ2v) is 5.93. The molecule has 19 heavy (non-hydrogen) atoms. The van der Waals surface area contributed by atoms with Crippen molar-refractivity contribution in [3.8, 4) is 0 Å². The molecule has 1 saturated heterocycles. The zero-order valence-corrected chi connectivity index (χ0v) is 12.5. The van der Waals surface area contributed by atoms with E-state index in [9.17, 15) is 4.79 Å². The molecule has 3 rings (SSSR count). The molecule has 1 aliphatic rings. The lowest BCUT2D eigenvalue weighted by molar-refractivity contribution is -0.119. The van der Waals surface area contributed by atoms with Crippen LogP contribution in [0.2, 0.25) is 0 Å². The van der Waals surface area contributed by atoms with Crippen LogP contribution >= 0.6 is 27.5 Å².